The normalized spacial score (nSPS) is 10.5. The van der Waals surface area contributed by atoms with Crippen molar-refractivity contribution in [3.63, 3.8) is 0 Å². The lowest BCUT2D eigenvalue weighted by Crippen LogP contribution is -2.23. The number of hydrogen-bond acceptors (Lipinski definition) is 7. The highest BCUT2D eigenvalue weighted by atomic mass is 35.5. The second-order valence-electron chi connectivity index (χ2n) is 5.96. The molecule has 0 saturated carbocycles. The number of anilines is 1. The van der Waals surface area contributed by atoms with Gasteiger partial charge in [0.1, 0.15) is 18.0 Å². The maximum Gasteiger partial charge on any atom is 0.265 e. The Bertz CT molecular complexity index is 1190. The van der Waals surface area contributed by atoms with Gasteiger partial charge in [0, 0.05) is 23.0 Å². The SMILES string of the molecule is Cl.NSc1ccc(NC(=O)c2coc3ncn(Cc4ccncc4)c(=O)c23)cc1. The van der Waals surface area contributed by atoms with Crippen molar-refractivity contribution in [3.8, 4) is 0 Å². The molecule has 0 unspecified atom stereocenters. The number of halogens is 1. The van der Waals surface area contributed by atoms with Crippen LogP contribution < -0.4 is 16.0 Å². The number of nitrogens with two attached hydrogens (primary N) is 1. The van der Waals surface area contributed by atoms with Crippen molar-refractivity contribution in [2.24, 2.45) is 5.14 Å². The summed E-state index contributed by atoms with van der Waals surface area (Å²) >= 11 is 1.12. The van der Waals surface area contributed by atoms with Crippen molar-refractivity contribution in [2.45, 2.75) is 11.4 Å². The molecule has 29 heavy (non-hydrogen) atoms. The third kappa shape index (κ3) is 4.32. The van der Waals surface area contributed by atoms with E-state index in [1.54, 1.807) is 36.7 Å². The summed E-state index contributed by atoms with van der Waals surface area (Å²) in [6, 6.07) is 10.7. The van der Waals surface area contributed by atoms with Crippen molar-refractivity contribution in [2.75, 3.05) is 5.32 Å². The number of nitrogens with zero attached hydrogens (tertiary/aromatic N) is 3. The molecule has 0 bridgehead atoms. The predicted octanol–water partition coefficient (Wildman–Crippen LogP) is 3.07. The molecule has 0 radical (unpaired) electrons. The number of amides is 1. The molecule has 3 heterocycles. The van der Waals surface area contributed by atoms with Gasteiger partial charge in [-0.05, 0) is 53.9 Å². The van der Waals surface area contributed by atoms with Gasteiger partial charge in [0.15, 0.2) is 0 Å². The molecular weight excluding hydrogens is 414 g/mol. The molecule has 1 aromatic carbocycles. The first kappa shape index (κ1) is 20.6. The van der Waals surface area contributed by atoms with Crippen molar-refractivity contribution in [1.29, 1.82) is 0 Å². The highest BCUT2D eigenvalue weighted by Crippen LogP contribution is 2.19. The third-order valence-corrected chi connectivity index (χ3v) is 4.70. The van der Waals surface area contributed by atoms with E-state index < -0.39 is 5.91 Å². The Morgan fingerprint density at radius 1 is 1.17 bits per heavy atom. The zero-order valence-electron chi connectivity index (χ0n) is 14.9. The molecule has 4 aromatic rings. The summed E-state index contributed by atoms with van der Waals surface area (Å²) in [4.78, 5) is 34.6. The molecule has 1 amide bonds. The molecule has 0 aliphatic rings. The number of aromatic nitrogens is 3. The lowest BCUT2D eigenvalue weighted by Gasteiger charge is -2.06. The summed E-state index contributed by atoms with van der Waals surface area (Å²) in [7, 11) is 0. The standard InChI is InChI=1S/C19H15N5O3S.ClH/c20-28-14-3-1-13(2-4-14)23-17(25)15-10-27-18-16(15)19(26)24(11-22-18)9-12-5-7-21-8-6-12;/h1-8,10-11H,9,20H2,(H,23,25);1H. The van der Waals surface area contributed by atoms with Gasteiger partial charge in [-0.1, -0.05) is 0 Å². The maximum atomic E-state index is 12.9. The fourth-order valence-corrected chi connectivity index (χ4v) is 3.04. The Hall–Kier alpha value is -3.14. The number of hydrogen-bond donors (Lipinski definition) is 2. The van der Waals surface area contributed by atoms with Crippen LogP contribution in [0.15, 0.2) is 75.5 Å². The Balaban J connectivity index is 0.00000240. The Morgan fingerprint density at radius 2 is 1.90 bits per heavy atom. The summed E-state index contributed by atoms with van der Waals surface area (Å²) in [5.74, 6) is -0.451. The molecule has 0 fully saturated rings. The molecule has 3 N–H and O–H groups in total. The first-order valence-corrected chi connectivity index (χ1v) is 9.17. The lowest BCUT2D eigenvalue weighted by molar-refractivity contribution is 0.102. The van der Waals surface area contributed by atoms with Gasteiger partial charge in [0.05, 0.1) is 12.1 Å². The van der Waals surface area contributed by atoms with Gasteiger partial charge in [-0.2, -0.15) is 0 Å². The average Bonchev–Trinajstić information content (AvgIpc) is 3.16. The fourth-order valence-electron chi connectivity index (χ4n) is 2.75. The van der Waals surface area contributed by atoms with E-state index in [9.17, 15) is 9.59 Å². The van der Waals surface area contributed by atoms with Crippen LogP contribution in [-0.2, 0) is 6.54 Å². The van der Waals surface area contributed by atoms with Gasteiger partial charge in [-0.15, -0.1) is 12.4 Å². The van der Waals surface area contributed by atoms with Crippen molar-refractivity contribution in [1.82, 2.24) is 14.5 Å². The topological polar surface area (TPSA) is 116 Å². The van der Waals surface area contributed by atoms with Crippen molar-refractivity contribution < 1.29 is 9.21 Å². The van der Waals surface area contributed by atoms with Crippen LogP contribution >= 0.6 is 24.4 Å². The lowest BCUT2D eigenvalue weighted by atomic mass is 10.2. The van der Waals surface area contributed by atoms with Crippen LogP contribution in [0, 0.1) is 0 Å². The molecule has 148 valence electrons. The molecule has 0 aliphatic carbocycles. The number of carbonyl (C=O) groups excluding carboxylic acids is 1. The molecule has 8 nitrogen and oxygen atoms in total. The van der Waals surface area contributed by atoms with E-state index in [1.165, 1.54) is 17.2 Å². The molecule has 0 atom stereocenters. The van der Waals surface area contributed by atoms with Gasteiger partial charge in [-0.25, -0.2) is 4.98 Å². The van der Waals surface area contributed by atoms with Crippen molar-refractivity contribution >= 4 is 47.0 Å². The first-order chi connectivity index (χ1) is 13.7. The van der Waals surface area contributed by atoms with E-state index in [1.807, 2.05) is 12.1 Å². The van der Waals surface area contributed by atoms with Crippen LogP contribution in [0.5, 0.6) is 0 Å². The van der Waals surface area contributed by atoms with E-state index >= 15 is 0 Å². The molecular formula is C19H16ClN5O3S. The number of pyridine rings is 1. The Kier molecular flexibility index (Phi) is 6.32. The summed E-state index contributed by atoms with van der Waals surface area (Å²) in [5, 5.41) is 8.39. The molecule has 0 spiro atoms. The van der Waals surface area contributed by atoms with Crippen LogP contribution in [0.25, 0.3) is 11.1 Å². The summed E-state index contributed by atoms with van der Waals surface area (Å²) in [6.07, 6.45) is 5.95. The monoisotopic (exact) mass is 429 g/mol. The summed E-state index contributed by atoms with van der Waals surface area (Å²) < 4.78 is 6.74. The van der Waals surface area contributed by atoms with E-state index in [0.29, 0.717) is 12.2 Å². The van der Waals surface area contributed by atoms with Crippen molar-refractivity contribution in [3.05, 3.63) is 82.9 Å². The first-order valence-electron chi connectivity index (χ1n) is 8.29. The van der Waals surface area contributed by atoms with E-state index in [2.05, 4.69) is 15.3 Å². The highest BCUT2D eigenvalue weighted by molar-refractivity contribution is 7.97. The Labute approximate surface area is 175 Å². The minimum absolute atomic E-state index is 0. The Morgan fingerprint density at radius 3 is 2.59 bits per heavy atom. The average molecular weight is 430 g/mol. The second-order valence-corrected chi connectivity index (χ2v) is 6.67. The van der Waals surface area contributed by atoms with Gasteiger partial charge in [0.25, 0.3) is 11.5 Å². The number of nitrogens with one attached hydrogen (secondary N) is 1. The summed E-state index contributed by atoms with van der Waals surface area (Å²) in [6.45, 7) is 0.314. The van der Waals surface area contributed by atoms with E-state index in [4.69, 9.17) is 9.56 Å². The van der Waals surface area contributed by atoms with Gasteiger partial charge in [-0.3, -0.25) is 24.3 Å². The largest absolute Gasteiger partial charge is 0.445 e. The van der Waals surface area contributed by atoms with E-state index in [0.717, 1.165) is 22.4 Å². The minimum atomic E-state index is -0.451. The maximum absolute atomic E-state index is 12.9. The van der Waals surface area contributed by atoms with Gasteiger partial charge in [0.2, 0.25) is 5.71 Å². The predicted molar refractivity (Wildman–Crippen MR) is 113 cm³/mol. The number of carbonyl (C=O) groups is 1. The summed E-state index contributed by atoms with van der Waals surface area (Å²) in [5.41, 5.74) is 1.38. The number of rotatable bonds is 5. The zero-order valence-corrected chi connectivity index (χ0v) is 16.6. The minimum Gasteiger partial charge on any atom is -0.445 e. The smallest absolute Gasteiger partial charge is 0.265 e. The number of fused-ring (bicyclic) bond motifs is 1. The highest BCUT2D eigenvalue weighted by Gasteiger charge is 2.19. The molecule has 4 rings (SSSR count). The quantitative estimate of drug-likeness (QED) is 0.468. The van der Waals surface area contributed by atoms with Crippen LogP contribution in [0.4, 0.5) is 5.69 Å². The molecule has 3 aromatic heterocycles. The van der Waals surface area contributed by atoms with Gasteiger partial charge >= 0.3 is 0 Å². The van der Waals surface area contributed by atoms with Crippen LogP contribution in [0.1, 0.15) is 15.9 Å². The molecule has 0 aliphatic heterocycles. The number of benzene rings is 1. The second kappa shape index (κ2) is 8.91. The van der Waals surface area contributed by atoms with Gasteiger partial charge < -0.3 is 9.73 Å². The van der Waals surface area contributed by atoms with Crippen LogP contribution in [0.2, 0.25) is 0 Å². The zero-order chi connectivity index (χ0) is 19.5. The molecule has 0 saturated heterocycles. The number of furan rings is 1. The van der Waals surface area contributed by atoms with Crippen LogP contribution in [0.3, 0.4) is 0 Å². The van der Waals surface area contributed by atoms with Crippen LogP contribution in [-0.4, -0.2) is 20.4 Å². The molecule has 10 heteroatoms. The fraction of sp³-hybridized carbons (Fsp3) is 0.0526. The third-order valence-electron chi connectivity index (χ3n) is 4.16. The van der Waals surface area contributed by atoms with E-state index in [-0.39, 0.29) is 34.6 Å².